The van der Waals surface area contributed by atoms with E-state index in [0.717, 1.165) is 30.4 Å². The molecular weight excluding hydrogens is 352 g/mol. The molecule has 2 saturated heterocycles. The highest BCUT2D eigenvalue weighted by Gasteiger charge is 2.33. The van der Waals surface area contributed by atoms with Crippen molar-refractivity contribution in [2.45, 2.75) is 36.6 Å². The Morgan fingerprint density at radius 1 is 1.00 bits per heavy atom. The number of rotatable bonds is 3. The minimum atomic E-state index is -3.36. The molecule has 0 aromatic heterocycles. The van der Waals surface area contributed by atoms with Crippen molar-refractivity contribution in [2.24, 2.45) is 0 Å². The van der Waals surface area contributed by atoms with Crippen LogP contribution in [0.1, 0.15) is 25.7 Å². The fourth-order valence-corrected chi connectivity index (χ4v) is 5.08. The third kappa shape index (κ3) is 3.33. The molecule has 3 rings (SSSR count). The van der Waals surface area contributed by atoms with E-state index >= 15 is 0 Å². The van der Waals surface area contributed by atoms with Crippen molar-refractivity contribution in [3.05, 3.63) is 28.7 Å². The molecule has 6 heteroatoms. The van der Waals surface area contributed by atoms with E-state index in [0.29, 0.717) is 24.0 Å². The summed E-state index contributed by atoms with van der Waals surface area (Å²) in [5.74, 6) is 0. The molecule has 4 nitrogen and oxygen atoms in total. The Kier molecular flexibility index (Phi) is 4.69. The average Bonchev–Trinajstić information content (AvgIpc) is 3.02. The molecule has 0 saturated carbocycles. The van der Waals surface area contributed by atoms with Crippen molar-refractivity contribution in [2.75, 3.05) is 26.2 Å². The van der Waals surface area contributed by atoms with Crippen LogP contribution < -0.4 is 0 Å². The van der Waals surface area contributed by atoms with Crippen molar-refractivity contribution in [3.63, 3.8) is 0 Å². The Bertz CT molecular complexity index is 582. The lowest BCUT2D eigenvalue weighted by Gasteiger charge is -2.36. The van der Waals surface area contributed by atoms with Gasteiger partial charge < -0.3 is 0 Å². The standard InChI is InChI=1S/C15H21BrN2O2S/c16-13-5-7-15(8-6-13)21(19,20)18-11-3-4-14(12-18)17-9-1-2-10-17/h5-8,14H,1-4,9-12H2. The van der Waals surface area contributed by atoms with Gasteiger partial charge in [0, 0.05) is 23.6 Å². The topological polar surface area (TPSA) is 40.6 Å². The zero-order valence-corrected chi connectivity index (χ0v) is 14.4. The summed E-state index contributed by atoms with van der Waals surface area (Å²) < 4.78 is 28.1. The van der Waals surface area contributed by atoms with E-state index in [1.165, 1.54) is 12.8 Å². The van der Waals surface area contributed by atoms with Crippen molar-refractivity contribution >= 4 is 26.0 Å². The van der Waals surface area contributed by atoms with Gasteiger partial charge in [-0.25, -0.2) is 8.42 Å². The highest BCUT2D eigenvalue weighted by molar-refractivity contribution is 9.10. The van der Waals surface area contributed by atoms with Crippen LogP contribution in [0.2, 0.25) is 0 Å². The van der Waals surface area contributed by atoms with E-state index in [4.69, 9.17) is 0 Å². The normalized spacial score (nSPS) is 25.3. The fourth-order valence-electron chi connectivity index (χ4n) is 3.30. The van der Waals surface area contributed by atoms with Crippen molar-refractivity contribution in [1.29, 1.82) is 0 Å². The maximum absolute atomic E-state index is 12.8. The van der Waals surface area contributed by atoms with Gasteiger partial charge in [0.2, 0.25) is 10.0 Å². The second-order valence-electron chi connectivity index (χ2n) is 5.86. The molecule has 1 atom stereocenters. The lowest BCUT2D eigenvalue weighted by Crippen LogP contribution is -2.48. The van der Waals surface area contributed by atoms with Crippen LogP contribution in [0.15, 0.2) is 33.6 Å². The first kappa shape index (κ1) is 15.5. The Morgan fingerprint density at radius 2 is 1.67 bits per heavy atom. The number of likely N-dealkylation sites (tertiary alicyclic amines) is 1. The molecule has 1 aromatic carbocycles. The van der Waals surface area contributed by atoms with Crippen LogP contribution in [0.25, 0.3) is 0 Å². The largest absolute Gasteiger partial charge is 0.299 e. The van der Waals surface area contributed by atoms with Crippen LogP contribution >= 0.6 is 15.9 Å². The van der Waals surface area contributed by atoms with Gasteiger partial charge in [0.05, 0.1) is 4.90 Å². The molecule has 2 fully saturated rings. The monoisotopic (exact) mass is 372 g/mol. The van der Waals surface area contributed by atoms with E-state index in [1.54, 1.807) is 28.6 Å². The van der Waals surface area contributed by atoms with Gasteiger partial charge in [-0.2, -0.15) is 4.31 Å². The van der Waals surface area contributed by atoms with Crippen LogP contribution in [-0.2, 0) is 10.0 Å². The third-order valence-corrected chi connectivity index (χ3v) is 6.88. The first-order valence-electron chi connectivity index (χ1n) is 7.57. The van der Waals surface area contributed by atoms with Crippen LogP contribution in [0.3, 0.4) is 0 Å². The molecule has 116 valence electrons. The summed E-state index contributed by atoms with van der Waals surface area (Å²) in [6.45, 7) is 3.52. The lowest BCUT2D eigenvalue weighted by atomic mass is 10.1. The third-order valence-electron chi connectivity index (χ3n) is 4.47. The van der Waals surface area contributed by atoms with Gasteiger partial charge in [-0.3, -0.25) is 4.90 Å². The van der Waals surface area contributed by atoms with E-state index in [9.17, 15) is 8.42 Å². The van der Waals surface area contributed by atoms with E-state index in [2.05, 4.69) is 20.8 Å². The molecule has 2 aliphatic heterocycles. The number of sulfonamides is 1. The molecule has 0 aliphatic carbocycles. The molecule has 2 aliphatic rings. The molecule has 2 heterocycles. The zero-order valence-electron chi connectivity index (χ0n) is 12.0. The van der Waals surface area contributed by atoms with Crippen LogP contribution in [-0.4, -0.2) is 49.8 Å². The Hall–Kier alpha value is -0.430. The minimum absolute atomic E-state index is 0.395. The first-order valence-corrected chi connectivity index (χ1v) is 9.80. The van der Waals surface area contributed by atoms with Crippen LogP contribution in [0.5, 0.6) is 0 Å². The Balaban J connectivity index is 1.76. The van der Waals surface area contributed by atoms with Gasteiger partial charge in [0.25, 0.3) is 0 Å². The number of piperidine rings is 1. The quantitative estimate of drug-likeness (QED) is 0.818. The van der Waals surface area contributed by atoms with Gasteiger partial charge in [0.1, 0.15) is 0 Å². The highest BCUT2D eigenvalue weighted by Crippen LogP contribution is 2.25. The molecule has 0 bridgehead atoms. The molecule has 1 unspecified atom stereocenters. The predicted molar refractivity (Wildman–Crippen MR) is 86.7 cm³/mol. The van der Waals surface area contributed by atoms with E-state index in [1.807, 2.05) is 0 Å². The van der Waals surface area contributed by atoms with Gasteiger partial charge in [-0.1, -0.05) is 15.9 Å². The first-order chi connectivity index (χ1) is 10.1. The van der Waals surface area contributed by atoms with E-state index < -0.39 is 10.0 Å². The molecule has 0 amide bonds. The van der Waals surface area contributed by atoms with Crippen molar-refractivity contribution in [3.8, 4) is 0 Å². The molecule has 0 radical (unpaired) electrons. The summed E-state index contributed by atoms with van der Waals surface area (Å²) in [5, 5.41) is 0. The summed E-state index contributed by atoms with van der Waals surface area (Å²) >= 11 is 3.35. The maximum atomic E-state index is 12.8. The van der Waals surface area contributed by atoms with Gasteiger partial charge in [0.15, 0.2) is 0 Å². The SMILES string of the molecule is O=S(=O)(c1ccc(Br)cc1)N1CCCC(N2CCCC2)C1. The molecule has 21 heavy (non-hydrogen) atoms. The molecule has 0 spiro atoms. The summed E-state index contributed by atoms with van der Waals surface area (Å²) in [7, 11) is -3.36. The minimum Gasteiger partial charge on any atom is -0.299 e. The zero-order chi connectivity index (χ0) is 14.9. The second-order valence-corrected chi connectivity index (χ2v) is 8.71. The fraction of sp³-hybridized carbons (Fsp3) is 0.600. The molecular formula is C15H21BrN2O2S. The van der Waals surface area contributed by atoms with Gasteiger partial charge in [-0.15, -0.1) is 0 Å². The summed E-state index contributed by atoms with van der Waals surface area (Å²) in [4.78, 5) is 2.86. The smallest absolute Gasteiger partial charge is 0.243 e. The molecule has 1 aromatic rings. The van der Waals surface area contributed by atoms with Crippen molar-refractivity contribution in [1.82, 2.24) is 9.21 Å². The Morgan fingerprint density at radius 3 is 2.33 bits per heavy atom. The van der Waals surface area contributed by atoms with Crippen molar-refractivity contribution < 1.29 is 8.42 Å². The average molecular weight is 373 g/mol. The predicted octanol–water partition coefficient (Wildman–Crippen LogP) is 2.70. The maximum Gasteiger partial charge on any atom is 0.243 e. The van der Waals surface area contributed by atoms with Crippen LogP contribution in [0.4, 0.5) is 0 Å². The number of benzene rings is 1. The number of halogens is 1. The van der Waals surface area contributed by atoms with E-state index in [-0.39, 0.29) is 0 Å². The number of hydrogen-bond acceptors (Lipinski definition) is 3. The second kappa shape index (κ2) is 6.36. The molecule has 0 N–H and O–H groups in total. The van der Waals surface area contributed by atoms with Crippen LogP contribution in [0, 0.1) is 0 Å². The highest BCUT2D eigenvalue weighted by atomic mass is 79.9. The van der Waals surface area contributed by atoms with Gasteiger partial charge >= 0.3 is 0 Å². The Labute approximate surface area is 135 Å². The summed E-state index contributed by atoms with van der Waals surface area (Å²) in [5.41, 5.74) is 0. The summed E-state index contributed by atoms with van der Waals surface area (Å²) in [6, 6.07) is 7.33. The number of hydrogen-bond donors (Lipinski definition) is 0. The van der Waals surface area contributed by atoms with Gasteiger partial charge in [-0.05, 0) is 63.0 Å². The lowest BCUT2D eigenvalue weighted by molar-refractivity contribution is 0.162. The number of nitrogens with zero attached hydrogens (tertiary/aromatic N) is 2. The summed E-state index contributed by atoms with van der Waals surface area (Å²) in [6.07, 6.45) is 4.56.